The van der Waals surface area contributed by atoms with E-state index < -0.39 is 48.4 Å². The van der Waals surface area contributed by atoms with Crippen LogP contribution in [0.5, 0.6) is 0 Å². The molecular weight excluding hydrogens is 380 g/mol. The van der Waals surface area contributed by atoms with Crippen molar-refractivity contribution < 1.29 is 29.4 Å². The first kappa shape index (κ1) is 22.3. The van der Waals surface area contributed by atoms with E-state index in [-0.39, 0.29) is 19.5 Å². The maximum absolute atomic E-state index is 13.1. The fraction of sp³-hybridized carbons (Fsp3) is 0.474. The number of likely N-dealkylation sites (tertiary alicyclic amines) is 1. The number of carbonyl (C=O) groups is 4. The molecule has 2 rings (SSSR count). The van der Waals surface area contributed by atoms with Crippen LogP contribution < -0.4 is 16.4 Å². The second kappa shape index (κ2) is 10.5. The van der Waals surface area contributed by atoms with E-state index in [4.69, 9.17) is 5.73 Å². The van der Waals surface area contributed by atoms with Crippen molar-refractivity contribution in [3.05, 3.63) is 35.9 Å². The summed E-state index contributed by atoms with van der Waals surface area (Å²) in [5.41, 5.74) is 5.98. The van der Waals surface area contributed by atoms with Crippen LogP contribution in [0.1, 0.15) is 18.4 Å². The summed E-state index contributed by atoms with van der Waals surface area (Å²) in [4.78, 5) is 49.8. The second-order valence-electron chi connectivity index (χ2n) is 6.79. The molecule has 10 nitrogen and oxygen atoms in total. The largest absolute Gasteiger partial charge is 0.480 e. The van der Waals surface area contributed by atoms with Crippen LogP contribution in [0.4, 0.5) is 0 Å². The fourth-order valence-corrected chi connectivity index (χ4v) is 3.26. The van der Waals surface area contributed by atoms with Crippen molar-refractivity contribution in [3.8, 4) is 0 Å². The van der Waals surface area contributed by atoms with E-state index >= 15 is 0 Å². The van der Waals surface area contributed by atoms with Crippen molar-refractivity contribution >= 4 is 23.7 Å². The highest BCUT2D eigenvalue weighted by Gasteiger charge is 2.38. The molecule has 1 fully saturated rings. The minimum absolute atomic E-state index is 0.136. The summed E-state index contributed by atoms with van der Waals surface area (Å²) < 4.78 is 0. The standard InChI is InChI=1S/C19H26N4O6/c20-10-16(25)21-14(11-24)17(26)22-13(9-12-5-2-1-3-6-12)18(27)23-8-4-7-15(23)19(28)29/h1-3,5-6,13-15,24H,4,7-11,20H2,(H,21,25)(H,22,26)(H,28,29). The highest BCUT2D eigenvalue weighted by Crippen LogP contribution is 2.19. The third-order valence-corrected chi connectivity index (χ3v) is 4.74. The van der Waals surface area contributed by atoms with Crippen LogP contribution in [-0.2, 0) is 25.6 Å². The Balaban J connectivity index is 2.20. The average molecular weight is 406 g/mol. The summed E-state index contributed by atoms with van der Waals surface area (Å²) in [5.74, 6) is -3.00. The average Bonchev–Trinajstić information content (AvgIpc) is 3.21. The number of aliphatic hydroxyl groups is 1. The molecule has 29 heavy (non-hydrogen) atoms. The van der Waals surface area contributed by atoms with Gasteiger partial charge in [-0.25, -0.2) is 4.79 Å². The molecule has 1 aromatic carbocycles. The molecule has 6 N–H and O–H groups in total. The van der Waals surface area contributed by atoms with Crippen molar-refractivity contribution in [3.63, 3.8) is 0 Å². The molecule has 0 radical (unpaired) electrons. The lowest BCUT2D eigenvalue weighted by atomic mass is 10.0. The number of nitrogens with two attached hydrogens (primary N) is 1. The molecule has 1 saturated heterocycles. The Morgan fingerprint density at radius 3 is 2.41 bits per heavy atom. The van der Waals surface area contributed by atoms with E-state index in [9.17, 15) is 29.4 Å². The van der Waals surface area contributed by atoms with Crippen LogP contribution in [0.2, 0.25) is 0 Å². The van der Waals surface area contributed by atoms with Gasteiger partial charge in [0.05, 0.1) is 13.2 Å². The summed E-state index contributed by atoms with van der Waals surface area (Å²) in [6, 6.07) is 5.68. The maximum atomic E-state index is 13.1. The molecule has 10 heteroatoms. The number of aliphatic carboxylic acids is 1. The highest BCUT2D eigenvalue weighted by atomic mass is 16.4. The predicted molar refractivity (Wildman–Crippen MR) is 103 cm³/mol. The zero-order chi connectivity index (χ0) is 21.4. The molecule has 1 aliphatic heterocycles. The van der Waals surface area contributed by atoms with Crippen LogP contribution in [-0.4, -0.2) is 76.6 Å². The summed E-state index contributed by atoms with van der Waals surface area (Å²) >= 11 is 0. The van der Waals surface area contributed by atoms with Gasteiger partial charge in [-0.1, -0.05) is 30.3 Å². The number of aliphatic hydroxyl groups excluding tert-OH is 1. The topological polar surface area (TPSA) is 162 Å². The van der Waals surface area contributed by atoms with Crippen LogP contribution in [0.3, 0.4) is 0 Å². The molecule has 0 saturated carbocycles. The van der Waals surface area contributed by atoms with Gasteiger partial charge in [-0.05, 0) is 18.4 Å². The van der Waals surface area contributed by atoms with E-state index in [1.165, 1.54) is 4.90 Å². The molecule has 3 atom stereocenters. The lowest BCUT2D eigenvalue weighted by molar-refractivity contribution is -0.149. The number of carbonyl (C=O) groups excluding carboxylic acids is 3. The van der Waals surface area contributed by atoms with Gasteiger partial charge in [-0.15, -0.1) is 0 Å². The third kappa shape index (κ3) is 6.00. The molecule has 1 heterocycles. The number of carboxylic acid groups (broad SMARTS) is 1. The van der Waals surface area contributed by atoms with Crippen LogP contribution >= 0.6 is 0 Å². The Labute approximate surface area is 168 Å². The van der Waals surface area contributed by atoms with Gasteiger partial charge in [0, 0.05) is 13.0 Å². The molecule has 0 spiro atoms. The first-order valence-corrected chi connectivity index (χ1v) is 9.35. The summed E-state index contributed by atoms with van der Waals surface area (Å²) in [6.07, 6.45) is 1.04. The van der Waals surface area contributed by atoms with E-state index in [0.29, 0.717) is 12.8 Å². The molecule has 1 aliphatic rings. The lowest BCUT2D eigenvalue weighted by Crippen LogP contribution is -2.57. The molecule has 0 aromatic heterocycles. The maximum Gasteiger partial charge on any atom is 0.326 e. The van der Waals surface area contributed by atoms with Crippen molar-refractivity contribution in [1.29, 1.82) is 0 Å². The van der Waals surface area contributed by atoms with Gasteiger partial charge in [-0.2, -0.15) is 0 Å². The van der Waals surface area contributed by atoms with Crippen LogP contribution in [0.25, 0.3) is 0 Å². The zero-order valence-corrected chi connectivity index (χ0v) is 15.9. The van der Waals surface area contributed by atoms with Crippen molar-refractivity contribution in [1.82, 2.24) is 15.5 Å². The quantitative estimate of drug-likeness (QED) is 0.324. The molecule has 1 aromatic rings. The normalized spacial score (nSPS) is 18.0. The van der Waals surface area contributed by atoms with Gasteiger partial charge in [0.2, 0.25) is 17.7 Å². The SMILES string of the molecule is NCC(=O)NC(CO)C(=O)NC(Cc1ccccc1)C(=O)N1CCCC1C(=O)O. The van der Waals surface area contributed by atoms with Crippen molar-refractivity contribution in [2.24, 2.45) is 5.73 Å². The smallest absolute Gasteiger partial charge is 0.326 e. The number of hydrogen-bond donors (Lipinski definition) is 5. The number of rotatable bonds is 9. The van der Waals surface area contributed by atoms with Gasteiger partial charge in [-0.3, -0.25) is 14.4 Å². The second-order valence-corrected chi connectivity index (χ2v) is 6.79. The van der Waals surface area contributed by atoms with E-state index in [1.54, 1.807) is 24.3 Å². The van der Waals surface area contributed by atoms with Crippen molar-refractivity contribution in [2.75, 3.05) is 19.7 Å². The Hall–Kier alpha value is -2.98. The number of nitrogens with zero attached hydrogens (tertiary/aromatic N) is 1. The fourth-order valence-electron chi connectivity index (χ4n) is 3.26. The monoisotopic (exact) mass is 406 g/mol. The Morgan fingerprint density at radius 1 is 1.14 bits per heavy atom. The number of amides is 3. The Kier molecular flexibility index (Phi) is 8.10. The van der Waals surface area contributed by atoms with E-state index in [1.807, 2.05) is 6.07 Å². The number of carboxylic acids is 1. The minimum atomic E-state index is -1.27. The van der Waals surface area contributed by atoms with Crippen LogP contribution in [0, 0.1) is 0 Å². The number of nitrogens with one attached hydrogen (secondary N) is 2. The van der Waals surface area contributed by atoms with Gasteiger partial charge >= 0.3 is 5.97 Å². The van der Waals surface area contributed by atoms with Gasteiger partial charge in [0.1, 0.15) is 18.1 Å². The highest BCUT2D eigenvalue weighted by molar-refractivity contribution is 5.94. The minimum Gasteiger partial charge on any atom is -0.480 e. The van der Waals surface area contributed by atoms with Crippen LogP contribution in [0.15, 0.2) is 30.3 Å². The van der Waals surface area contributed by atoms with Gasteiger partial charge in [0.15, 0.2) is 0 Å². The van der Waals surface area contributed by atoms with Gasteiger partial charge < -0.3 is 31.5 Å². The molecule has 3 unspecified atom stereocenters. The lowest BCUT2D eigenvalue weighted by Gasteiger charge is -2.28. The Bertz CT molecular complexity index is 741. The molecule has 0 aliphatic carbocycles. The van der Waals surface area contributed by atoms with E-state index in [0.717, 1.165) is 5.56 Å². The predicted octanol–water partition coefficient (Wildman–Crippen LogP) is -1.77. The molecule has 158 valence electrons. The summed E-state index contributed by atoms with van der Waals surface area (Å²) in [7, 11) is 0. The number of benzene rings is 1. The zero-order valence-electron chi connectivity index (χ0n) is 15.9. The Morgan fingerprint density at radius 2 is 1.83 bits per heavy atom. The molecule has 3 amide bonds. The first-order valence-electron chi connectivity index (χ1n) is 9.35. The van der Waals surface area contributed by atoms with E-state index in [2.05, 4.69) is 10.6 Å². The molecular formula is C19H26N4O6. The van der Waals surface area contributed by atoms with Crippen molar-refractivity contribution in [2.45, 2.75) is 37.4 Å². The third-order valence-electron chi connectivity index (χ3n) is 4.74. The summed E-state index contributed by atoms with van der Waals surface area (Å²) in [5, 5.41) is 23.6. The number of hydrogen-bond acceptors (Lipinski definition) is 6. The first-order chi connectivity index (χ1) is 13.9. The molecule has 0 bridgehead atoms. The van der Waals surface area contributed by atoms with Gasteiger partial charge in [0.25, 0.3) is 0 Å². The summed E-state index contributed by atoms with van der Waals surface area (Å²) in [6.45, 7) is -0.750.